The summed E-state index contributed by atoms with van der Waals surface area (Å²) in [5.41, 5.74) is 4.79. The number of rotatable bonds is 4. The fraction of sp³-hybridized carbons (Fsp3) is 0.381. The minimum absolute atomic E-state index is 0.0680. The van der Waals surface area contributed by atoms with E-state index in [1.54, 1.807) is 23.1 Å². The van der Waals surface area contributed by atoms with Gasteiger partial charge in [0.15, 0.2) is 0 Å². The van der Waals surface area contributed by atoms with Crippen molar-refractivity contribution >= 4 is 27.3 Å². The van der Waals surface area contributed by atoms with Gasteiger partial charge in [-0.1, -0.05) is 19.1 Å². The third-order valence-corrected chi connectivity index (χ3v) is 6.86. The molecule has 0 bridgehead atoms. The summed E-state index contributed by atoms with van der Waals surface area (Å²) in [5.74, 6) is 0.0680. The van der Waals surface area contributed by atoms with Crippen LogP contribution in [0.3, 0.4) is 0 Å². The molecule has 27 heavy (non-hydrogen) atoms. The van der Waals surface area contributed by atoms with Gasteiger partial charge in [-0.25, -0.2) is 8.42 Å². The lowest BCUT2D eigenvalue weighted by atomic mass is 9.91. The van der Waals surface area contributed by atoms with Gasteiger partial charge in [-0.15, -0.1) is 0 Å². The van der Waals surface area contributed by atoms with E-state index < -0.39 is 10.0 Å². The van der Waals surface area contributed by atoms with E-state index in [0.29, 0.717) is 25.1 Å². The van der Waals surface area contributed by atoms with Gasteiger partial charge in [-0.2, -0.15) is 0 Å². The molecule has 1 heterocycles. The number of carbonyl (C=O) groups is 1. The van der Waals surface area contributed by atoms with Crippen molar-refractivity contribution in [2.45, 2.75) is 50.3 Å². The van der Waals surface area contributed by atoms with E-state index in [0.717, 1.165) is 42.5 Å². The van der Waals surface area contributed by atoms with Crippen molar-refractivity contribution < 1.29 is 13.2 Å². The molecule has 0 fully saturated rings. The molecular formula is C21H24N2O3S. The number of hydrogen-bond donors (Lipinski definition) is 1. The summed E-state index contributed by atoms with van der Waals surface area (Å²) in [5, 5.41) is 0. The first kappa shape index (κ1) is 18.0. The number of hydrogen-bond acceptors (Lipinski definition) is 3. The zero-order chi connectivity index (χ0) is 19.0. The summed E-state index contributed by atoms with van der Waals surface area (Å²) in [6, 6.07) is 10.9. The Hall–Kier alpha value is -2.34. The van der Waals surface area contributed by atoms with E-state index in [4.69, 9.17) is 0 Å². The number of sulfonamides is 1. The maximum absolute atomic E-state index is 13.0. The maximum atomic E-state index is 13.0. The molecule has 5 nitrogen and oxygen atoms in total. The molecule has 0 radical (unpaired) electrons. The zero-order valence-electron chi connectivity index (χ0n) is 15.5. The Morgan fingerprint density at radius 1 is 1.07 bits per heavy atom. The topological polar surface area (TPSA) is 66.5 Å². The van der Waals surface area contributed by atoms with Crippen molar-refractivity contribution in [2.75, 3.05) is 16.2 Å². The molecule has 1 N–H and O–H groups in total. The Balaban J connectivity index is 1.63. The van der Waals surface area contributed by atoms with Crippen LogP contribution in [0.5, 0.6) is 0 Å². The summed E-state index contributed by atoms with van der Waals surface area (Å²) in [6.45, 7) is 2.45. The molecule has 2 aromatic carbocycles. The third kappa shape index (κ3) is 3.34. The summed E-state index contributed by atoms with van der Waals surface area (Å²) in [7, 11) is -3.67. The van der Waals surface area contributed by atoms with Gasteiger partial charge in [-0.05, 0) is 73.1 Å². The predicted octanol–water partition coefficient (Wildman–Crippen LogP) is 3.67. The van der Waals surface area contributed by atoms with Crippen molar-refractivity contribution in [3.8, 4) is 0 Å². The smallest absolute Gasteiger partial charge is 0.261 e. The van der Waals surface area contributed by atoms with Crippen LogP contribution in [0, 0.1) is 0 Å². The Bertz CT molecular complexity index is 998. The molecule has 0 saturated heterocycles. The van der Waals surface area contributed by atoms with Crippen molar-refractivity contribution in [2.24, 2.45) is 0 Å². The number of aryl methyl sites for hydroxylation is 1. The number of nitrogens with zero attached hydrogens (tertiary/aromatic N) is 1. The van der Waals surface area contributed by atoms with E-state index >= 15 is 0 Å². The van der Waals surface area contributed by atoms with Gasteiger partial charge in [0.2, 0.25) is 5.91 Å². The van der Waals surface area contributed by atoms with Crippen LogP contribution in [0.4, 0.5) is 11.4 Å². The van der Waals surface area contributed by atoms with Crippen LogP contribution in [0.15, 0.2) is 41.3 Å². The first-order valence-electron chi connectivity index (χ1n) is 9.56. The summed E-state index contributed by atoms with van der Waals surface area (Å²) in [6.07, 6.45) is 5.29. The van der Waals surface area contributed by atoms with Crippen molar-refractivity contribution in [3.05, 3.63) is 53.1 Å². The summed E-state index contributed by atoms with van der Waals surface area (Å²) < 4.78 is 28.7. The molecular weight excluding hydrogens is 360 g/mol. The normalized spacial score (nSPS) is 16.0. The first-order chi connectivity index (χ1) is 13.0. The lowest BCUT2D eigenvalue weighted by molar-refractivity contribution is -0.118. The minimum atomic E-state index is -3.67. The van der Waals surface area contributed by atoms with E-state index in [9.17, 15) is 13.2 Å². The van der Waals surface area contributed by atoms with Crippen LogP contribution >= 0.6 is 0 Å². The average molecular weight is 385 g/mol. The molecule has 0 atom stereocenters. The number of benzene rings is 2. The van der Waals surface area contributed by atoms with Crippen molar-refractivity contribution in [1.82, 2.24) is 0 Å². The highest BCUT2D eigenvalue weighted by Crippen LogP contribution is 2.33. The first-order valence-corrected chi connectivity index (χ1v) is 11.0. The summed E-state index contributed by atoms with van der Waals surface area (Å²) >= 11 is 0. The Labute approximate surface area is 160 Å². The molecule has 2 aliphatic rings. The zero-order valence-corrected chi connectivity index (χ0v) is 16.3. The van der Waals surface area contributed by atoms with E-state index in [-0.39, 0.29) is 10.8 Å². The van der Waals surface area contributed by atoms with E-state index in [2.05, 4.69) is 10.8 Å². The predicted molar refractivity (Wildman–Crippen MR) is 107 cm³/mol. The largest absolute Gasteiger partial charge is 0.312 e. The molecule has 2 aromatic rings. The van der Waals surface area contributed by atoms with Gasteiger partial charge in [0.25, 0.3) is 10.0 Å². The number of amides is 1. The molecule has 1 amide bonds. The Morgan fingerprint density at radius 2 is 1.89 bits per heavy atom. The maximum Gasteiger partial charge on any atom is 0.261 e. The van der Waals surface area contributed by atoms with Crippen LogP contribution in [-0.2, 0) is 34.1 Å². The number of carbonyl (C=O) groups excluding carboxylic acids is 1. The number of anilines is 2. The van der Waals surface area contributed by atoms with Gasteiger partial charge in [0, 0.05) is 18.7 Å². The molecule has 4 rings (SSSR count). The molecule has 0 unspecified atom stereocenters. The molecule has 0 aromatic heterocycles. The van der Waals surface area contributed by atoms with Crippen LogP contribution < -0.4 is 9.62 Å². The Kier molecular flexibility index (Phi) is 4.68. The highest BCUT2D eigenvalue weighted by Gasteiger charge is 2.26. The second kappa shape index (κ2) is 7.00. The average Bonchev–Trinajstić information content (AvgIpc) is 3.11. The molecule has 6 heteroatoms. The van der Waals surface area contributed by atoms with Crippen LogP contribution in [0.2, 0.25) is 0 Å². The molecule has 1 aliphatic heterocycles. The standard InChI is InChI=1S/C21H24N2O3S/c1-2-21(24)23-13-12-16-14-17(10-11-20(16)23)27(25,26)22-19-9-5-7-15-6-3-4-8-18(15)19/h5,7,9-11,14,22H,2-4,6,8,12-13H2,1H3. The van der Waals surface area contributed by atoms with Crippen LogP contribution in [0.1, 0.15) is 42.9 Å². The van der Waals surface area contributed by atoms with Gasteiger partial charge >= 0.3 is 0 Å². The highest BCUT2D eigenvalue weighted by molar-refractivity contribution is 7.92. The highest BCUT2D eigenvalue weighted by atomic mass is 32.2. The quantitative estimate of drug-likeness (QED) is 0.875. The second-order valence-corrected chi connectivity index (χ2v) is 8.88. The minimum Gasteiger partial charge on any atom is -0.312 e. The van der Waals surface area contributed by atoms with Gasteiger partial charge in [0.1, 0.15) is 0 Å². The van der Waals surface area contributed by atoms with E-state index in [1.165, 1.54) is 5.56 Å². The molecule has 0 spiro atoms. The second-order valence-electron chi connectivity index (χ2n) is 7.20. The van der Waals surface area contributed by atoms with Crippen molar-refractivity contribution in [3.63, 3.8) is 0 Å². The number of fused-ring (bicyclic) bond motifs is 2. The lowest BCUT2D eigenvalue weighted by Crippen LogP contribution is -2.27. The van der Waals surface area contributed by atoms with Crippen LogP contribution in [0.25, 0.3) is 0 Å². The SMILES string of the molecule is CCC(=O)N1CCc2cc(S(=O)(=O)Nc3cccc4c3CCCC4)ccc21. The fourth-order valence-electron chi connectivity index (χ4n) is 4.08. The number of nitrogens with one attached hydrogen (secondary N) is 1. The molecule has 0 saturated carbocycles. The van der Waals surface area contributed by atoms with Gasteiger partial charge in [-0.3, -0.25) is 9.52 Å². The van der Waals surface area contributed by atoms with Crippen molar-refractivity contribution in [1.29, 1.82) is 0 Å². The third-order valence-electron chi connectivity index (χ3n) is 5.50. The van der Waals surface area contributed by atoms with Gasteiger partial charge in [0.05, 0.1) is 10.6 Å². The monoisotopic (exact) mass is 384 g/mol. The Morgan fingerprint density at radius 3 is 2.70 bits per heavy atom. The fourth-order valence-corrected chi connectivity index (χ4v) is 5.22. The lowest BCUT2D eigenvalue weighted by Gasteiger charge is -2.20. The van der Waals surface area contributed by atoms with Crippen LogP contribution in [-0.4, -0.2) is 20.9 Å². The van der Waals surface area contributed by atoms with Gasteiger partial charge < -0.3 is 4.90 Å². The molecule has 1 aliphatic carbocycles. The van der Waals surface area contributed by atoms with E-state index in [1.807, 2.05) is 19.1 Å². The molecule has 142 valence electrons. The summed E-state index contributed by atoms with van der Waals surface area (Å²) in [4.78, 5) is 14.0.